The van der Waals surface area contributed by atoms with Gasteiger partial charge in [-0.3, -0.25) is 14.5 Å². The molecule has 0 atom stereocenters. The van der Waals surface area contributed by atoms with Crippen molar-refractivity contribution in [3.05, 3.63) is 0 Å². The van der Waals surface area contributed by atoms with Crippen LogP contribution in [0.25, 0.3) is 0 Å². The highest BCUT2D eigenvalue weighted by molar-refractivity contribution is 6.08. The Hall–Kier alpha value is 0.0569. The molecule has 0 saturated carbocycles. The molecule has 0 amide bonds. The van der Waals surface area contributed by atoms with Crippen LogP contribution in [0, 0.1) is 0 Å². The van der Waals surface area contributed by atoms with Crippen LogP contribution in [0.3, 0.4) is 0 Å². The molecule has 0 aromatic rings. The highest BCUT2D eigenvalue weighted by Crippen LogP contribution is 1.83. The van der Waals surface area contributed by atoms with Gasteiger partial charge in [-0.2, -0.15) is 0 Å². The molecule has 0 spiro atoms. The van der Waals surface area contributed by atoms with Gasteiger partial charge in [0, 0.05) is 10.2 Å². The van der Waals surface area contributed by atoms with E-state index in [1.807, 2.05) is 0 Å². The minimum atomic E-state index is 0.875. The van der Waals surface area contributed by atoms with Crippen molar-refractivity contribution in [1.82, 2.24) is 5.39 Å². The van der Waals surface area contributed by atoms with E-state index in [1.54, 1.807) is 0 Å². The van der Waals surface area contributed by atoms with E-state index in [-0.39, 0.29) is 0 Å². The molecule has 0 rings (SSSR count). The molecule has 0 aliphatic heterocycles. The minimum Gasteiger partial charge on any atom is -0.254 e. The van der Waals surface area contributed by atoms with Crippen LogP contribution in [0.1, 0.15) is 13.3 Å². The predicted octanol–water partition coefficient (Wildman–Crippen LogP) is 0.153. The summed E-state index contributed by atoms with van der Waals surface area (Å²) < 4.78 is 0. The Bertz CT molecular complexity index is 54.3. The van der Waals surface area contributed by atoms with Crippen molar-refractivity contribution in [2.75, 3.05) is 21.3 Å². The lowest BCUT2D eigenvalue weighted by Crippen LogP contribution is -2.18. The maximum Gasteiger partial charge on any atom is 0.0758 e. The van der Waals surface area contributed by atoms with Crippen molar-refractivity contribution in [1.29, 1.82) is 0 Å². The SMILES string of the molecule is CCC[SiH3].CON(OC)OC. The Morgan fingerprint density at radius 1 is 1.09 bits per heavy atom. The van der Waals surface area contributed by atoms with Gasteiger partial charge in [0.15, 0.2) is 0 Å². The second kappa shape index (κ2) is 12.7. The van der Waals surface area contributed by atoms with E-state index in [9.17, 15) is 0 Å². The molecule has 70 valence electrons. The second-order valence-corrected chi connectivity index (χ2v) is 2.77. The largest absolute Gasteiger partial charge is 0.254 e. The van der Waals surface area contributed by atoms with Gasteiger partial charge in [0.05, 0.1) is 26.7 Å². The molecule has 0 heterocycles. The fraction of sp³-hybridized carbons (Fsp3) is 1.00. The number of hydrogen-bond acceptors (Lipinski definition) is 4. The summed E-state index contributed by atoms with van der Waals surface area (Å²) in [4.78, 5) is 13.3. The molecule has 0 bridgehead atoms. The minimum absolute atomic E-state index is 0.875. The third-order valence-electron chi connectivity index (χ3n) is 0.947. The van der Waals surface area contributed by atoms with Gasteiger partial charge >= 0.3 is 0 Å². The first-order valence-electron chi connectivity index (χ1n) is 3.69. The quantitative estimate of drug-likeness (QED) is 0.456. The van der Waals surface area contributed by atoms with E-state index in [1.165, 1.54) is 44.0 Å². The first-order valence-corrected chi connectivity index (χ1v) is 5.10. The van der Waals surface area contributed by atoms with Crippen LogP contribution in [-0.2, 0) is 14.5 Å². The van der Waals surface area contributed by atoms with E-state index in [0.29, 0.717) is 0 Å². The smallest absolute Gasteiger partial charge is 0.0758 e. The molecule has 0 radical (unpaired) electrons. The zero-order valence-electron chi connectivity index (χ0n) is 8.09. The van der Waals surface area contributed by atoms with Crippen molar-refractivity contribution in [3.8, 4) is 0 Å². The number of nitrogens with zero attached hydrogens (tertiary/aromatic N) is 1. The summed E-state index contributed by atoms with van der Waals surface area (Å²) in [6.07, 6.45) is 1.38. The molecular formula is C6H19NO3Si. The summed E-state index contributed by atoms with van der Waals surface area (Å²) in [5, 5.41) is 0.875. The number of hydrogen-bond donors (Lipinski definition) is 0. The Labute approximate surface area is 71.7 Å². The summed E-state index contributed by atoms with van der Waals surface area (Å²) in [6.45, 7) is 2.22. The fourth-order valence-electron chi connectivity index (χ4n) is 0.224. The fourth-order valence-corrected chi connectivity index (χ4v) is 0.224. The Balaban J connectivity index is 0. The lowest BCUT2D eigenvalue weighted by molar-refractivity contribution is -0.502. The van der Waals surface area contributed by atoms with E-state index in [4.69, 9.17) is 0 Å². The third-order valence-corrected chi connectivity index (χ3v) is 1.95. The standard InChI is InChI=1S/C3H9NO3.C3H10Si/c1-5-4(6-2)7-3;1-2-3-4/h1-3H3;2-3H2,1,4H3. The Morgan fingerprint density at radius 2 is 1.36 bits per heavy atom. The third kappa shape index (κ3) is 13.1. The lowest BCUT2D eigenvalue weighted by Gasteiger charge is -2.10. The second-order valence-electron chi connectivity index (χ2n) is 1.77. The molecule has 0 saturated heterocycles. The van der Waals surface area contributed by atoms with Crippen LogP contribution in [0.2, 0.25) is 6.04 Å². The van der Waals surface area contributed by atoms with Gasteiger partial charge in [0.1, 0.15) is 0 Å². The molecule has 0 unspecified atom stereocenters. The maximum atomic E-state index is 4.44. The van der Waals surface area contributed by atoms with E-state index in [2.05, 4.69) is 21.4 Å². The summed E-state index contributed by atoms with van der Waals surface area (Å²) in [7, 11) is 5.70. The van der Waals surface area contributed by atoms with Gasteiger partial charge in [0.2, 0.25) is 0 Å². The maximum absolute atomic E-state index is 4.44. The van der Waals surface area contributed by atoms with Gasteiger partial charge in [-0.1, -0.05) is 19.4 Å². The van der Waals surface area contributed by atoms with Gasteiger partial charge < -0.3 is 0 Å². The summed E-state index contributed by atoms with van der Waals surface area (Å²) in [6, 6.07) is 1.46. The average molecular weight is 181 g/mol. The highest BCUT2D eigenvalue weighted by atomic mass is 28.1. The van der Waals surface area contributed by atoms with Crippen LogP contribution in [0.4, 0.5) is 0 Å². The molecule has 0 N–H and O–H groups in total. The zero-order chi connectivity index (χ0) is 9.11. The van der Waals surface area contributed by atoms with Crippen molar-refractivity contribution >= 4 is 10.2 Å². The van der Waals surface area contributed by atoms with Gasteiger partial charge in [-0.15, -0.1) is 0 Å². The zero-order valence-corrected chi connectivity index (χ0v) is 10.1. The first-order chi connectivity index (χ1) is 5.26. The molecule has 0 aromatic carbocycles. The van der Waals surface area contributed by atoms with Crippen molar-refractivity contribution in [3.63, 3.8) is 0 Å². The molecule has 0 aromatic heterocycles. The molecule has 11 heavy (non-hydrogen) atoms. The van der Waals surface area contributed by atoms with Crippen LogP contribution in [0.15, 0.2) is 0 Å². The molecule has 0 aliphatic carbocycles. The Morgan fingerprint density at radius 3 is 1.36 bits per heavy atom. The van der Waals surface area contributed by atoms with Gasteiger partial charge in [-0.05, 0) is 0 Å². The van der Waals surface area contributed by atoms with Crippen LogP contribution >= 0.6 is 0 Å². The van der Waals surface area contributed by atoms with Crippen LogP contribution in [-0.4, -0.2) is 37.0 Å². The summed E-state index contributed by atoms with van der Waals surface area (Å²) in [5.41, 5.74) is 0. The normalized spacial score (nSPS) is 9.55. The van der Waals surface area contributed by atoms with Crippen LogP contribution < -0.4 is 0 Å². The number of rotatable bonds is 4. The predicted molar refractivity (Wildman–Crippen MR) is 47.9 cm³/mol. The van der Waals surface area contributed by atoms with E-state index >= 15 is 0 Å². The molecular weight excluding hydrogens is 162 g/mol. The van der Waals surface area contributed by atoms with Crippen molar-refractivity contribution < 1.29 is 14.5 Å². The first kappa shape index (κ1) is 13.6. The van der Waals surface area contributed by atoms with E-state index in [0.717, 1.165) is 5.39 Å². The highest BCUT2D eigenvalue weighted by Gasteiger charge is 1.92. The monoisotopic (exact) mass is 181 g/mol. The molecule has 5 heteroatoms. The molecule has 0 aliphatic rings. The van der Waals surface area contributed by atoms with Crippen LogP contribution in [0.5, 0.6) is 0 Å². The Kier molecular flexibility index (Phi) is 15.8. The van der Waals surface area contributed by atoms with Crippen molar-refractivity contribution in [2.45, 2.75) is 19.4 Å². The topological polar surface area (TPSA) is 30.9 Å². The van der Waals surface area contributed by atoms with Gasteiger partial charge in [-0.25, -0.2) is 0 Å². The molecule has 4 nitrogen and oxygen atoms in total. The van der Waals surface area contributed by atoms with Gasteiger partial charge in [0.25, 0.3) is 0 Å². The van der Waals surface area contributed by atoms with Crippen molar-refractivity contribution in [2.24, 2.45) is 0 Å². The summed E-state index contributed by atoms with van der Waals surface area (Å²) >= 11 is 0. The lowest BCUT2D eigenvalue weighted by atomic mass is 10.6. The van der Waals surface area contributed by atoms with E-state index < -0.39 is 0 Å². The summed E-state index contributed by atoms with van der Waals surface area (Å²) in [5.74, 6) is 0. The average Bonchev–Trinajstić information content (AvgIpc) is 2.08. The molecule has 0 fully saturated rings.